The number of ether oxygens (including phenoxy) is 3. The summed E-state index contributed by atoms with van der Waals surface area (Å²) >= 11 is 0. The van der Waals surface area contributed by atoms with Crippen LogP contribution in [0.5, 0.6) is 0 Å². The molecule has 0 rings (SSSR count). The Morgan fingerprint density at radius 1 is 0.364 bits per heavy atom. The van der Waals surface area contributed by atoms with Gasteiger partial charge in [0.05, 0.1) is 26.4 Å². The number of aliphatic hydroxyl groups is 2. The molecule has 4 N–H and O–H groups in total. The van der Waals surface area contributed by atoms with Gasteiger partial charge < -0.3 is 34.2 Å². The summed E-state index contributed by atoms with van der Waals surface area (Å²) in [5.74, 6) is -1.59. The molecular weight excluding hydrogens is 1030 g/mol. The minimum atomic E-state index is -4.91. The van der Waals surface area contributed by atoms with Crippen LogP contribution in [0.4, 0.5) is 0 Å². The largest absolute Gasteiger partial charge is 0.472 e. The number of carbonyl (C=O) groups excluding carboxylic acids is 3. The first-order valence-electron chi connectivity index (χ1n) is 29.9. The molecule has 0 aromatic carbocycles. The van der Waals surface area contributed by atoms with Gasteiger partial charge in [-0.1, -0.05) is 204 Å². The molecule has 0 aromatic rings. The van der Waals surface area contributed by atoms with Crippen LogP contribution in [0, 0.1) is 0 Å². The van der Waals surface area contributed by atoms with Gasteiger partial charge in [-0.15, -0.1) is 0 Å². The predicted molar refractivity (Wildman–Crippen MR) is 307 cm³/mol. The maximum Gasteiger partial charge on any atom is 0.472 e. The van der Waals surface area contributed by atoms with Crippen molar-refractivity contribution in [2.75, 3.05) is 39.6 Å². The van der Waals surface area contributed by atoms with Crippen molar-refractivity contribution in [3.8, 4) is 0 Å². The molecule has 0 heterocycles. The van der Waals surface area contributed by atoms with Crippen molar-refractivity contribution in [1.29, 1.82) is 0 Å². The third kappa shape index (κ3) is 55.2. The van der Waals surface area contributed by atoms with Crippen LogP contribution in [0.3, 0.4) is 0 Å². The van der Waals surface area contributed by atoms with Crippen molar-refractivity contribution >= 4 is 33.6 Å². The van der Waals surface area contributed by atoms with Crippen LogP contribution in [0.25, 0.3) is 0 Å². The molecule has 77 heavy (non-hydrogen) atoms. The van der Waals surface area contributed by atoms with E-state index in [-0.39, 0.29) is 19.3 Å². The fourth-order valence-corrected chi connectivity index (χ4v) is 9.44. The molecule has 0 aliphatic carbocycles. The fourth-order valence-electron chi connectivity index (χ4n) is 7.85. The van der Waals surface area contributed by atoms with E-state index in [0.717, 1.165) is 116 Å². The predicted octanol–water partition coefficient (Wildman–Crippen LogP) is 15.3. The highest BCUT2D eigenvalue weighted by atomic mass is 31.2. The van der Waals surface area contributed by atoms with Crippen LogP contribution < -0.4 is 0 Å². The third-order valence-corrected chi connectivity index (χ3v) is 14.4. The van der Waals surface area contributed by atoms with Gasteiger partial charge in [0.15, 0.2) is 6.10 Å². The van der Waals surface area contributed by atoms with E-state index < -0.39 is 91.5 Å². The normalized spacial score (nSPS) is 14.8. The van der Waals surface area contributed by atoms with Gasteiger partial charge in [0.2, 0.25) is 0 Å². The van der Waals surface area contributed by atoms with E-state index in [1.807, 2.05) is 0 Å². The number of allylic oxidation sites excluding steroid dienone is 8. The molecule has 0 aliphatic rings. The van der Waals surface area contributed by atoms with Crippen molar-refractivity contribution in [3.05, 3.63) is 48.6 Å². The summed E-state index contributed by atoms with van der Waals surface area (Å²) in [6.07, 6.45) is 49.1. The molecule has 5 unspecified atom stereocenters. The third-order valence-electron chi connectivity index (χ3n) is 12.5. The second kappa shape index (κ2) is 54.1. The first-order valence-corrected chi connectivity index (χ1v) is 32.9. The molecule has 0 bridgehead atoms. The summed E-state index contributed by atoms with van der Waals surface area (Å²) in [4.78, 5) is 57.9. The molecular formula is C59H108O16P2. The van der Waals surface area contributed by atoms with E-state index in [2.05, 4.69) is 69.4 Å². The number of hydrogen-bond donors (Lipinski definition) is 4. The quantitative estimate of drug-likeness (QED) is 0.0146. The Labute approximate surface area is 466 Å². The molecule has 0 radical (unpaired) electrons. The van der Waals surface area contributed by atoms with Crippen LogP contribution >= 0.6 is 15.6 Å². The van der Waals surface area contributed by atoms with Crippen LogP contribution in [0.2, 0.25) is 0 Å². The van der Waals surface area contributed by atoms with Crippen molar-refractivity contribution in [2.45, 2.75) is 270 Å². The highest BCUT2D eigenvalue weighted by molar-refractivity contribution is 7.47. The lowest BCUT2D eigenvalue weighted by molar-refractivity contribution is -0.161. The van der Waals surface area contributed by atoms with Crippen molar-refractivity contribution in [1.82, 2.24) is 0 Å². The number of phosphoric ester groups is 2. The van der Waals surface area contributed by atoms with E-state index in [1.165, 1.54) is 77.0 Å². The second-order valence-electron chi connectivity index (χ2n) is 20.2. The summed E-state index contributed by atoms with van der Waals surface area (Å²) in [7, 11) is -9.74. The number of phosphoric acid groups is 2. The van der Waals surface area contributed by atoms with Crippen LogP contribution in [0.15, 0.2) is 48.6 Å². The van der Waals surface area contributed by atoms with E-state index in [9.17, 15) is 43.5 Å². The Kier molecular flexibility index (Phi) is 52.4. The number of esters is 3. The highest BCUT2D eigenvalue weighted by Crippen LogP contribution is 2.45. The second-order valence-corrected chi connectivity index (χ2v) is 23.1. The molecule has 0 spiro atoms. The SMILES string of the molecule is CCCC/C=C\CCCCCCCC(=O)OCC(COP(=O)(O)OCC(O)COP(=O)(O)OCC(O)COC(=O)CCCCCCCC/C=C\C/C=C\C/C=C\CCCCC)OC(=O)CCCCCCCCCCCCC. The molecule has 0 saturated carbocycles. The van der Waals surface area contributed by atoms with Crippen LogP contribution in [0.1, 0.15) is 252 Å². The Morgan fingerprint density at radius 2 is 0.662 bits per heavy atom. The van der Waals surface area contributed by atoms with Gasteiger partial charge >= 0.3 is 33.6 Å². The molecule has 0 saturated heterocycles. The average Bonchev–Trinajstić information content (AvgIpc) is 3.40. The van der Waals surface area contributed by atoms with Gasteiger partial charge in [0.25, 0.3) is 0 Å². The van der Waals surface area contributed by atoms with E-state index in [4.69, 9.17) is 32.3 Å². The lowest BCUT2D eigenvalue weighted by Gasteiger charge is -2.21. The van der Waals surface area contributed by atoms with Gasteiger partial charge in [0, 0.05) is 19.3 Å². The summed E-state index contributed by atoms with van der Waals surface area (Å²) < 4.78 is 60.5. The average molecular weight is 1140 g/mol. The molecule has 0 fully saturated rings. The van der Waals surface area contributed by atoms with Gasteiger partial charge in [-0.2, -0.15) is 0 Å². The zero-order chi connectivity index (χ0) is 56.8. The molecule has 5 atom stereocenters. The van der Waals surface area contributed by atoms with E-state index >= 15 is 0 Å². The van der Waals surface area contributed by atoms with Crippen molar-refractivity contribution in [3.63, 3.8) is 0 Å². The zero-order valence-corrected chi connectivity index (χ0v) is 49.9. The molecule has 16 nitrogen and oxygen atoms in total. The summed E-state index contributed by atoms with van der Waals surface area (Å²) in [6, 6.07) is 0. The topological polar surface area (TPSA) is 231 Å². The lowest BCUT2D eigenvalue weighted by Crippen LogP contribution is -2.30. The summed E-state index contributed by atoms with van der Waals surface area (Å²) in [6.45, 7) is 2.56. The number of hydrogen-bond acceptors (Lipinski definition) is 14. The smallest absolute Gasteiger partial charge is 0.463 e. The molecule has 18 heteroatoms. The molecule has 0 aromatic heterocycles. The molecule has 450 valence electrons. The maximum absolute atomic E-state index is 12.8. The Balaban J connectivity index is 4.57. The van der Waals surface area contributed by atoms with Crippen molar-refractivity contribution in [2.24, 2.45) is 0 Å². The summed E-state index contributed by atoms with van der Waals surface area (Å²) in [5.41, 5.74) is 0. The van der Waals surface area contributed by atoms with Gasteiger partial charge in [-0.3, -0.25) is 32.5 Å². The van der Waals surface area contributed by atoms with Gasteiger partial charge in [-0.05, 0) is 77.0 Å². The Bertz CT molecular complexity index is 1620. The van der Waals surface area contributed by atoms with E-state index in [0.29, 0.717) is 19.3 Å². The lowest BCUT2D eigenvalue weighted by atomic mass is 10.1. The molecule has 0 amide bonds. The van der Waals surface area contributed by atoms with Gasteiger partial charge in [0.1, 0.15) is 25.4 Å². The minimum Gasteiger partial charge on any atom is -0.463 e. The van der Waals surface area contributed by atoms with Crippen LogP contribution in [-0.2, 0) is 55.8 Å². The first kappa shape index (κ1) is 74.5. The highest BCUT2D eigenvalue weighted by Gasteiger charge is 2.29. The zero-order valence-electron chi connectivity index (χ0n) is 48.1. The first-order chi connectivity index (χ1) is 37.2. The fraction of sp³-hybridized carbons (Fsp3) is 0.814. The monoisotopic (exact) mass is 1130 g/mol. The van der Waals surface area contributed by atoms with Gasteiger partial charge in [-0.25, -0.2) is 9.13 Å². The molecule has 0 aliphatic heterocycles. The van der Waals surface area contributed by atoms with Crippen molar-refractivity contribution < 1.29 is 75.8 Å². The standard InChI is InChI=1S/C59H108O16P2/c1-4-7-10-13-16-19-22-23-24-25-26-27-28-29-32-34-36-39-42-45-57(62)69-48-54(60)49-71-76(65,66)72-50-55(61)51-73-77(67,68)74-53-56(75-59(64)47-44-41-38-35-31-21-18-15-12-9-6-3)52-70-58(63)46-43-40-37-33-30-20-17-14-11-8-5-2/h14,16-17,19,23-24,26-27,54-56,60-61H,4-13,15,18,20-22,25,28-53H2,1-3H3,(H,65,66)(H,67,68)/b17-14-,19-16-,24-23-,27-26-. The number of unbranched alkanes of at least 4 members (excludes halogenated alkanes) is 26. The Hall–Kier alpha value is -2.49. The summed E-state index contributed by atoms with van der Waals surface area (Å²) in [5, 5.41) is 20.4. The minimum absolute atomic E-state index is 0.108. The number of rotatable bonds is 57. The Morgan fingerprint density at radius 3 is 1.10 bits per heavy atom. The van der Waals surface area contributed by atoms with Crippen LogP contribution in [-0.4, -0.2) is 95.9 Å². The number of aliphatic hydroxyl groups excluding tert-OH is 2. The number of carbonyl (C=O) groups is 3. The maximum atomic E-state index is 12.8. The van der Waals surface area contributed by atoms with E-state index in [1.54, 1.807) is 0 Å².